The molecule has 2 nitrogen and oxygen atoms in total. The number of likely N-dealkylation sites (N-methyl/N-ethyl adjacent to an activating group) is 1. The van der Waals surface area contributed by atoms with Gasteiger partial charge < -0.3 is 5.32 Å². The number of hydrogen-bond donors (Lipinski definition) is 1. The molecule has 1 heterocycles. The third-order valence-corrected chi connectivity index (χ3v) is 3.94. The monoisotopic (exact) mass is 400 g/mol. The number of hydrogen-bond acceptors (Lipinski definition) is 2. The zero-order valence-electron chi connectivity index (χ0n) is 11.0. The van der Waals surface area contributed by atoms with E-state index in [1.54, 1.807) is 12.3 Å². The average molecular weight is 402 g/mol. The van der Waals surface area contributed by atoms with Crippen LogP contribution in [0.2, 0.25) is 0 Å². The fourth-order valence-electron chi connectivity index (χ4n) is 2.09. The van der Waals surface area contributed by atoms with Crippen LogP contribution in [0.1, 0.15) is 24.1 Å². The molecular weight excluding hydrogens is 387 g/mol. The highest BCUT2D eigenvalue weighted by Gasteiger charge is 2.14. The highest BCUT2D eigenvalue weighted by Crippen LogP contribution is 2.24. The summed E-state index contributed by atoms with van der Waals surface area (Å²) in [5.41, 5.74) is 1.73. The Hall–Kier alpha value is -0.780. The third kappa shape index (κ3) is 4.11. The Labute approximate surface area is 135 Å². The third-order valence-electron chi connectivity index (χ3n) is 3.01. The van der Waals surface area contributed by atoms with Crippen LogP contribution in [-0.2, 0) is 6.42 Å². The van der Waals surface area contributed by atoms with Crippen LogP contribution in [0.3, 0.4) is 0 Å². The average Bonchev–Trinajstić information content (AvgIpc) is 2.42. The second kappa shape index (κ2) is 7.29. The zero-order valence-corrected chi connectivity index (χ0v) is 14.2. The van der Waals surface area contributed by atoms with Gasteiger partial charge >= 0.3 is 0 Å². The van der Waals surface area contributed by atoms with Gasteiger partial charge in [0.05, 0.1) is 0 Å². The van der Waals surface area contributed by atoms with E-state index >= 15 is 0 Å². The molecule has 0 fully saturated rings. The first kappa shape index (κ1) is 15.6. The molecule has 1 N–H and O–H groups in total. The fourth-order valence-corrected chi connectivity index (χ4v) is 2.88. The molecule has 1 atom stereocenters. The number of halogens is 3. The first-order valence-corrected chi connectivity index (χ1v) is 7.96. The van der Waals surface area contributed by atoms with Gasteiger partial charge in [0.25, 0.3) is 0 Å². The van der Waals surface area contributed by atoms with Crippen molar-refractivity contribution in [1.82, 2.24) is 10.3 Å². The minimum absolute atomic E-state index is 0.0359. The molecule has 0 spiro atoms. The van der Waals surface area contributed by atoms with Crippen LogP contribution >= 0.6 is 31.9 Å². The molecular formula is C15H15Br2FN2. The molecule has 0 amide bonds. The first-order valence-electron chi connectivity index (χ1n) is 6.38. The van der Waals surface area contributed by atoms with E-state index in [1.165, 1.54) is 6.07 Å². The number of nitrogens with zero attached hydrogens (tertiary/aromatic N) is 1. The second-order valence-electron chi connectivity index (χ2n) is 4.49. The summed E-state index contributed by atoms with van der Waals surface area (Å²) in [6.07, 6.45) is 4.14. The number of rotatable bonds is 5. The van der Waals surface area contributed by atoms with Gasteiger partial charge in [-0.2, -0.15) is 0 Å². The SMILES string of the molecule is CCNC(Cc1cc(Br)ccc1F)c1cncc(Br)c1. The van der Waals surface area contributed by atoms with E-state index in [2.05, 4.69) is 42.2 Å². The molecule has 5 heteroatoms. The number of benzene rings is 1. The Kier molecular flexibility index (Phi) is 5.69. The van der Waals surface area contributed by atoms with Crippen LogP contribution in [0, 0.1) is 5.82 Å². The Balaban J connectivity index is 2.27. The maximum Gasteiger partial charge on any atom is 0.126 e. The standard InChI is InChI=1S/C15H15Br2FN2/c1-2-20-15(11-6-13(17)9-19-8-11)7-10-5-12(16)3-4-14(10)18/h3-6,8-9,15,20H,2,7H2,1H3. The van der Waals surface area contributed by atoms with E-state index in [4.69, 9.17) is 0 Å². The smallest absolute Gasteiger partial charge is 0.126 e. The van der Waals surface area contributed by atoms with Crippen molar-refractivity contribution in [1.29, 1.82) is 0 Å². The Morgan fingerprint density at radius 1 is 1.20 bits per heavy atom. The summed E-state index contributed by atoms with van der Waals surface area (Å²) in [5, 5.41) is 3.38. The van der Waals surface area contributed by atoms with E-state index in [9.17, 15) is 4.39 Å². The van der Waals surface area contributed by atoms with E-state index in [-0.39, 0.29) is 11.9 Å². The van der Waals surface area contributed by atoms with Crippen molar-refractivity contribution in [2.75, 3.05) is 6.54 Å². The molecule has 1 aromatic heterocycles. The Morgan fingerprint density at radius 2 is 2.00 bits per heavy atom. The van der Waals surface area contributed by atoms with Crippen LogP contribution in [0.15, 0.2) is 45.6 Å². The van der Waals surface area contributed by atoms with Crippen LogP contribution < -0.4 is 5.32 Å². The van der Waals surface area contributed by atoms with Crippen molar-refractivity contribution in [3.8, 4) is 0 Å². The number of pyridine rings is 1. The van der Waals surface area contributed by atoms with Crippen molar-refractivity contribution < 1.29 is 4.39 Å². The number of nitrogens with one attached hydrogen (secondary N) is 1. The van der Waals surface area contributed by atoms with Crippen LogP contribution in [0.5, 0.6) is 0 Å². The maximum absolute atomic E-state index is 13.9. The van der Waals surface area contributed by atoms with Gasteiger partial charge in [0.2, 0.25) is 0 Å². The minimum Gasteiger partial charge on any atom is -0.310 e. The summed E-state index contributed by atoms with van der Waals surface area (Å²) in [6.45, 7) is 2.85. The lowest BCUT2D eigenvalue weighted by Crippen LogP contribution is -2.23. The van der Waals surface area contributed by atoms with Crippen molar-refractivity contribution in [2.45, 2.75) is 19.4 Å². The molecule has 1 aromatic carbocycles. The van der Waals surface area contributed by atoms with Gasteiger partial charge in [-0.3, -0.25) is 4.98 Å². The van der Waals surface area contributed by atoms with Gasteiger partial charge in [-0.1, -0.05) is 22.9 Å². The molecule has 0 saturated carbocycles. The predicted molar refractivity (Wildman–Crippen MR) is 86.2 cm³/mol. The Morgan fingerprint density at radius 3 is 2.70 bits per heavy atom. The van der Waals surface area contributed by atoms with E-state index in [0.29, 0.717) is 12.0 Å². The van der Waals surface area contributed by atoms with Crippen LogP contribution in [0.4, 0.5) is 4.39 Å². The molecule has 0 radical (unpaired) electrons. The van der Waals surface area contributed by atoms with Gasteiger partial charge in [0.1, 0.15) is 5.82 Å². The highest BCUT2D eigenvalue weighted by molar-refractivity contribution is 9.10. The van der Waals surface area contributed by atoms with Gasteiger partial charge in [0.15, 0.2) is 0 Å². The molecule has 1 unspecified atom stereocenters. The first-order chi connectivity index (χ1) is 9.60. The summed E-state index contributed by atoms with van der Waals surface area (Å²) < 4.78 is 15.7. The second-order valence-corrected chi connectivity index (χ2v) is 6.32. The van der Waals surface area contributed by atoms with Crippen LogP contribution in [-0.4, -0.2) is 11.5 Å². The molecule has 106 valence electrons. The lowest BCUT2D eigenvalue weighted by Gasteiger charge is -2.19. The topological polar surface area (TPSA) is 24.9 Å². The molecule has 0 aliphatic heterocycles. The maximum atomic E-state index is 13.9. The molecule has 0 aliphatic carbocycles. The van der Waals surface area contributed by atoms with Crippen molar-refractivity contribution >= 4 is 31.9 Å². The molecule has 0 aliphatic rings. The fraction of sp³-hybridized carbons (Fsp3) is 0.267. The summed E-state index contributed by atoms with van der Waals surface area (Å²) in [5.74, 6) is -0.181. The largest absolute Gasteiger partial charge is 0.310 e. The van der Waals surface area contributed by atoms with Crippen molar-refractivity contribution in [3.63, 3.8) is 0 Å². The minimum atomic E-state index is -0.181. The van der Waals surface area contributed by atoms with Gasteiger partial charge in [0, 0.05) is 27.4 Å². The lowest BCUT2D eigenvalue weighted by molar-refractivity contribution is 0.526. The van der Waals surface area contributed by atoms with Gasteiger partial charge in [-0.05, 0) is 64.3 Å². The lowest BCUT2D eigenvalue weighted by atomic mass is 10.00. The molecule has 20 heavy (non-hydrogen) atoms. The summed E-state index contributed by atoms with van der Waals surface area (Å²) in [7, 11) is 0. The normalized spacial score (nSPS) is 12.4. The van der Waals surface area contributed by atoms with E-state index in [0.717, 1.165) is 21.1 Å². The summed E-state index contributed by atoms with van der Waals surface area (Å²) in [6, 6.07) is 7.07. The van der Waals surface area contributed by atoms with Crippen LogP contribution in [0.25, 0.3) is 0 Å². The van der Waals surface area contributed by atoms with Gasteiger partial charge in [-0.15, -0.1) is 0 Å². The van der Waals surface area contributed by atoms with Crippen molar-refractivity contribution in [2.24, 2.45) is 0 Å². The highest BCUT2D eigenvalue weighted by atomic mass is 79.9. The van der Waals surface area contributed by atoms with Gasteiger partial charge in [-0.25, -0.2) is 4.39 Å². The quantitative estimate of drug-likeness (QED) is 0.789. The zero-order chi connectivity index (χ0) is 14.5. The molecule has 2 rings (SSSR count). The predicted octanol–water partition coefficient (Wildman–Crippen LogP) is 4.64. The molecule has 0 bridgehead atoms. The van der Waals surface area contributed by atoms with E-state index in [1.807, 2.05) is 25.3 Å². The summed E-state index contributed by atoms with van der Waals surface area (Å²) in [4.78, 5) is 4.18. The summed E-state index contributed by atoms with van der Waals surface area (Å²) >= 11 is 6.81. The number of aromatic nitrogens is 1. The molecule has 2 aromatic rings. The van der Waals surface area contributed by atoms with E-state index < -0.39 is 0 Å². The Bertz CT molecular complexity index is 590. The van der Waals surface area contributed by atoms with Crippen molar-refractivity contribution in [3.05, 3.63) is 62.5 Å². The molecule has 0 saturated heterocycles.